The van der Waals surface area contributed by atoms with Crippen LogP contribution < -0.4 is 9.62 Å². The van der Waals surface area contributed by atoms with E-state index in [1.807, 2.05) is 80.6 Å². The van der Waals surface area contributed by atoms with Gasteiger partial charge in [0.2, 0.25) is 21.8 Å². The topological polar surface area (TPSA) is 86.8 Å². The zero-order chi connectivity index (χ0) is 30.3. The van der Waals surface area contributed by atoms with Crippen molar-refractivity contribution in [2.75, 3.05) is 17.1 Å². The Bertz CT molecular complexity index is 1470. The molecule has 0 bridgehead atoms. The Labute approximate surface area is 258 Å². The van der Waals surface area contributed by atoms with Crippen molar-refractivity contribution in [2.24, 2.45) is 0 Å². The molecule has 3 aromatic rings. The van der Waals surface area contributed by atoms with Crippen LogP contribution in [0.4, 0.5) is 5.69 Å². The SMILES string of the molecule is CC(C)c1ccccc1N(CC(=O)N(Cc1cccc(Br)c1)[C@H](Cc1ccccc1)C(=O)NC1CCCC1)S(C)(=O)=O. The number of nitrogens with zero attached hydrogens (tertiary/aromatic N) is 2. The molecule has 1 N–H and O–H groups in total. The molecule has 42 heavy (non-hydrogen) atoms. The van der Waals surface area contributed by atoms with Crippen LogP contribution in [-0.4, -0.2) is 50.0 Å². The smallest absolute Gasteiger partial charge is 0.244 e. The summed E-state index contributed by atoms with van der Waals surface area (Å²) in [5, 5.41) is 3.20. The largest absolute Gasteiger partial charge is 0.352 e. The van der Waals surface area contributed by atoms with E-state index < -0.39 is 28.5 Å². The van der Waals surface area contributed by atoms with E-state index in [0.29, 0.717) is 12.1 Å². The van der Waals surface area contributed by atoms with Crippen molar-refractivity contribution in [1.82, 2.24) is 10.2 Å². The summed E-state index contributed by atoms with van der Waals surface area (Å²) < 4.78 is 28.4. The lowest BCUT2D eigenvalue weighted by atomic mass is 10.0. The van der Waals surface area contributed by atoms with Gasteiger partial charge in [0.15, 0.2) is 0 Å². The van der Waals surface area contributed by atoms with Gasteiger partial charge in [0.1, 0.15) is 12.6 Å². The van der Waals surface area contributed by atoms with Crippen LogP contribution in [0.2, 0.25) is 0 Å². The number of anilines is 1. The summed E-state index contributed by atoms with van der Waals surface area (Å²) >= 11 is 3.52. The molecule has 7 nitrogen and oxygen atoms in total. The van der Waals surface area contributed by atoms with Crippen LogP contribution in [0.5, 0.6) is 0 Å². The van der Waals surface area contributed by atoms with Crippen LogP contribution in [0.25, 0.3) is 0 Å². The van der Waals surface area contributed by atoms with E-state index in [9.17, 15) is 18.0 Å². The zero-order valence-corrected chi connectivity index (χ0v) is 26.9. The third-order valence-electron chi connectivity index (χ3n) is 7.72. The number of hydrogen-bond acceptors (Lipinski definition) is 4. The highest BCUT2D eigenvalue weighted by atomic mass is 79.9. The molecule has 1 aliphatic rings. The Hall–Kier alpha value is -3.17. The number of halogens is 1. The third-order valence-corrected chi connectivity index (χ3v) is 9.34. The van der Waals surface area contributed by atoms with E-state index >= 15 is 0 Å². The van der Waals surface area contributed by atoms with Crippen molar-refractivity contribution >= 4 is 43.5 Å². The van der Waals surface area contributed by atoms with Gasteiger partial charge < -0.3 is 10.2 Å². The van der Waals surface area contributed by atoms with Crippen molar-refractivity contribution in [3.63, 3.8) is 0 Å². The molecule has 224 valence electrons. The summed E-state index contributed by atoms with van der Waals surface area (Å²) in [6.45, 7) is 3.71. The number of para-hydroxylation sites is 1. The number of sulfonamides is 1. The first-order valence-corrected chi connectivity index (χ1v) is 17.1. The Morgan fingerprint density at radius 1 is 0.929 bits per heavy atom. The van der Waals surface area contributed by atoms with Crippen molar-refractivity contribution < 1.29 is 18.0 Å². The van der Waals surface area contributed by atoms with E-state index in [0.717, 1.165) is 53.1 Å². The molecule has 0 aromatic heterocycles. The molecule has 0 spiro atoms. The number of carbonyl (C=O) groups excluding carboxylic acids is 2. The first-order valence-electron chi connectivity index (χ1n) is 14.5. The average molecular weight is 655 g/mol. The molecule has 1 saturated carbocycles. The Balaban J connectivity index is 1.75. The molecule has 1 atom stereocenters. The molecular formula is C33H40BrN3O4S. The minimum atomic E-state index is -3.83. The first-order chi connectivity index (χ1) is 20.0. The first kappa shape index (κ1) is 31.8. The monoisotopic (exact) mass is 653 g/mol. The van der Waals surface area contributed by atoms with Gasteiger partial charge >= 0.3 is 0 Å². The van der Waals surface area contributed by atoms with Gasteiger partial charge in [-0.2, -0.15) is 0 Å². The Morgan fingerprint density at radius 2 is 1.57 bits per heavy atom. The Morgan fingerprint density at radius 3 is 2.21 bits per heavy atom. The minimum Gasteiger partial charge on any atom is -0.352 e. The van der Waals surface area contributed by atoms with Gasteiger partial charge in [-0.15, -0.1) is 0 Å². The third kappa shape index (κ3) is 8.44. The highest BCUT2D eigenvalue weighted by molar-refractivity contribution is 9.10. The second kappa shape index (κ2) is 14.3. The van der Waals surface area contributed by atoms with Gasteiger partial charge in [-0.1, -0.05) is 103 Å². The molecule has 4 rings (SSSR count). The van der Waals surface area contributed by atoms with Crippen LogP contribution in [0.3, 0.4) is 0 Å². The molecule has 0 aliphatic heterocycles. The van der Waals surface area contributed by atoms with Gasteiger partial charge in [0.05, 0.1) is 11.9 Å². The minimum absolute atomic E-state index is 0.0429. The molecule has 9 heteroatoms. The Kier molecular flexibility index (Phi) is 10.8. The summed E-state index contributed by atoms with van der Waals surface area (Å²) in [6, 6.07) is 23.7. The standard InChI is InChI=1S/C33H40BrN3O4S/c1-24(2)29-18-9-10-19-30(29)37(42(3,40)41)23-32(38)36(22-26-14-11-15-27(34)20-26)31(21-25-12-5-4-6-13-25)33(39)35-28-16-7-8-17-28/h4-6,9-15,18-20,24,28,31H,7-8,16-17,21-23H2,1-3H3,(H,35,39)/t31-/m1/s1. The van der Waals surface area contributed by atoms with Crippen LogP contribution in [-0.2, 0) is 32.6 Å². The highest BCUT2D eigenvalue weighted by Crippen LogP contribution is 2.29. The van der Waals surface area contributed by atoms with Gasteiger partial charge in [0.25, 0.3) is 0 Å². The summed E-state index contributed by atoms with van der Waals surface area (Å²) in [5.41, 5.74) is 3.05. The van der Waals surface area contributed by atoms with Crippen molar-refractivity contribution in [3.05, 3.63) is 100 Å². The molecule has 0 heterocycles. The van der Waals surface area contributed by atoms with Gasteiger partial charge in [0, 0.05) is 23.5 Å². The van der Waals surface area contributed by atoms with Crippen LogP contribution in [0, 0.1) is 0 Å². The van der Waals surface area contributed by atoms with Crippen LogP contribution in [0.1, 0.15) is 62.1 Å². The predicted octanol–water partition coefficient (Wildman–Crippen LogP) is 6.04. The fraction of sp³-hybridized carbons (Fsp3) is 0.394. The van der Waals surface area contributed by atoms with E-state index in [1.54, 1.807) is 17.0 Å². The quantitative estimate of drug-likeness (QED) is 0.258. The molecule has 0 saturated heterocycles. The van der Waals surface area contributed by atoms with E-state index in [4.69, 9.17) is 0 Å². The van der Waals surface area contributed by atoms with E-state index in [1.165, 1.54) is 4.31 Å². The van der Waals surface area contributed by atoms with Gasteiger partial charge in [-0.3, -0.25) is 13.9 Å². The molecule has 1 fully saturated rings. The second-order valence-corrected chi connectivity index (χ2v) is 14.2. The fourth-order valence-corrected chi connectivity index (χ4v) is 6.87. The molecule has 3 aromatic carbocycles. The lowest BCUT2D eigenvalue weighted by Gasteiger charge is -2.34. The average Bonchev–Trinajstić information content (AvgIpc) is 3.46. The number of benzene rings is 3. The van der Waals surface area contributed by atoms with Crippen molar-refractivity contribution in [3.8, 4) is 0 Å². The van der Waals surface area contributed by atoms with Crippen molar-refractivity contribution in [2.45, 2.75) is 70.5 Å². The molecule has 0 unspecified atom stereocenters. The number of nitrogens with one attached hydrogen (secondary N) is 1. The molecule has 2 amide bonds. The molecular weight excluding hydrogens is 614 g/mol. The number of carbonyl (C=O) groups is 2. The van der Waals surface area contributed by atoms with Crippen molar-refractivity contribution in [1.29, 1.82) is 0 Å². The summed E-state index contributed by atoms with van der Waals surface area (Å²) in [7, 11) is -3.83. The van der Waals surface area contributed by atoms with E-state index in [-0.39, 0.29) is 24.4 Å². The molecule has 0 radical (unpaired) electrons. The normalized spacial score (nSPS) is 14.5. The number of rotatable bonds is 12. The maximum absolute atomic E-state index is 14.3. The van der Waals surface area contributed by atoms with Crippen LogP contribution >= 0.6 is 15.9 Å². The fourth-order valence-electron chi connectivity index (χ4n) is 5.55. The van der Waals surface area contributed by atoms with Crippen LogP contribution in [0.15, 0.2) is 83.3 Å². The predicted molar refractivity (Wildman–Crippen MR) is 172 cm³/mol. The maximum Gasteiger partial charge on any atom is 0.244 e. The lowest BCUT2D eigenvalue weighted by Crippen LogP contribution is -2.54. The zero-order valence-electron chi connectivity index (χ0n) is 24.5. The second-order valence-electron chi connectivity index (χ2n) is 11.3. The number of hydrogen-bond donors (Lipinski definition) is 1. The lowest BCUT2D eigenvalue weighted by molar-refractivity contribution is -0.140. The summed E-state index contributed by atoms with van der Waals surface area (Å²) in [6.07, 6.45) is 5.38. The maximum atomic E-state index is 14.3. The highest BCUT2D eigenvalue weighted by Gasteiger charge is 2.34. The van der Waals surface area contributed by atoms with Gasteiger partial charge in [-0.25, -0.2) is 8.42 Å². The van der Waals surface area contributed by atoms with E-state index in [2.05, 4.69) is 21.2 Å². The summed E-state index contributed by atoms with van der Waals surface area (Å²) in [5.74, 6) is -0.620. The molecule has 1 aliphatic carbocycles. The van der Waals surface area contributed by atoms with Gasteiger partial charge in [-0.05, 0) is 53.6 Å². The number of amides is 2. The summed E-state index contributed by atoms with van der Waals surface area (Å²) in [4.78, 5) is 29.9.